The third-order valence-electron chi connectivity index (χ3n) is 4.14. The fourth-order valence-electron chi connectivity index (χ4n) is 3.07. The molecule has 1 aliphatic rings. The third-order valence-corrected chi connectivity index (χ3v) is 5.65. The molecule has 0 bridgehead atoms. The van der Waals surface area contributed by atoms with Crippen molar-refractivity contribution in [2.75, 3.05) is 19.3 Å². The van der Waals surface area contributed by atoms with Gasteiger partial charge in [-0.1, -0.05) is 17.7 Å². The molecule has 0 spiro atoms. The Hall–Kier alpha value is -1.04. The molecule has 2 heterocycles. The fraction of sp³-hybridized carbons (Fsp3) is 0.467. The molecule has 0 aliphatic carbocycles. The summed E-state index contributed by atoms with van der Waals surface area (Å²) < 4.78 is 27.2. The van der Waals surface area contributed by atoms with Gasteiger partial charge in [0.15, 0.2) is 0 Å². The lowest BCUT2D eigenvalue weighted by Crippen LogP contribution is -2.40. The van der Waals surface area contributed by atoms with E-state index in [0.29, 0.717) is 19.0 Å². The Morgan fingerprint density at radius 1 is 1.33 bits per heavy atom. The second-order valence-electron chi connectivity index (χ2n) is 5.80. The molecule has 1 aromatic heterocycles. The molecule has 0 amide bonds. The van der Waals surface area contributed by atoms with Gasteiger partial charge < -0.3 is 4.57 Å². The molecule has 21 heavy (non-hydrogen) atoms. The number of nitrogens with zero attached hydrogens (tertiary/aromatic N) is 2. The van der Waals surface area contributed by atoms with Gasteiger partial charge in [0.05, 0.1) is 6.26 Å². The average molecular weight is 327 g/mol. The molecule has 0 N–H and O–H groups in total. The highest BCUT2D eigenvalue weighted by molar-refractivity contribution is 7.88. The van der Waals surface area contributed by atoms with Crippen LogP contribution < -0.4 is 0 Å². The van der Waals surface area contributed by atoms with Crippen LogP contribution in [-0.4, -0.2) is 36.6 Å². The van der Waals surface area contributed by atoms with Gasteiger partial charge in [-0.25, -0.2) is 12.7 Å². The van der Waals surface area contributed by atoms with Gasteiger partial charge in [0.2, 0.25) is 10.0 Å². The Morgan fingerprint density at radius 2 is 2.14 bits per heavy atom. The van der Waals surface area contributed by atoms with Crippen LogP contribution in [0, 0.1) is 5.92 Å². The van der Waals surface area contributed by atoms with Crippen LogP contribution in [0.2, 0.25) is 5.02 Å². The summed E-state index contributed by atoms with van der Waals surface area (Å²) in [6.07, 6.45) is 5.34. The topological polar surface area (TPSA) is 42.3 Å². The Morgan fingerprint density at radius 3 is 2.90 bits per heavy atom. The summed E-state index contributed by atoms with van der Waals surface area (Å²) in [5.41, 5.74) is 1.11. The number of sulfonamides is 1. The van der Waals surface area contributed by atoms with Gasteiger partial charge in [-0.15, -0.1) is 0 Å². The molecule has 0 radical (unpaired) electrons. The highest BCUT2D eigenvalue weighted by atomic mass is 35.5. The van der Waals surface area contributed by atoms with Crippen molar-refractivity contribution in [3.8, 4) is 0 Å². The van der Waals surface area contributed by atoms with Crippen molar-refractivity contribution in [3.63, 3.8) is 0 Å². The molecule has 0 saturated carbocycles. The first kappa shape index (κ1) is 14.9. The smallest absolute Gasteiger partial charge is 0.211 e. The van der Waals surface area contributed by atoms with E-state index in [1.807, 2.05) is 18.2 Å². The number of piperidine rings is 1. The van der Waals surface area contributed by atoms with E-state index < -0.39 is 10.0 Å². The molecule has 1 aromatic carbocycles. The van der Waals surface area contributed by atoms with Crippen LogP contribution in [-0.2, 0) is 16.6 Å². The quantitative estimate of drug-likeness (QED) is 0.870. The van der Waals surface area contributed by atoms with Crippen LogP contribution in [0.15, 0.2) is 30.5 Å². The van der Waals surface area contributed by atoms with E-state index >= 15 is 0 Å². The van der Waals surface area contributed by atoms with Crippen molar-refractivity contribution in [1.29, 1.82) is 0 Å². The first-order valence-corrected chi connectivity index (χ1v) is 9.35. The molecule has 1 unspecified atom stereocenters. The average Bonchev–Trinajstić information content (AvgIpc) is 2.81. The molecular weight excluding hydrogens is 308 g/mol. The number of fused-ring (bicyclic) bond motifs is 1. The number of rotatable bonds is 3. The number of aromatic nitrogens is 1. The van der Waals surface area contributed by atoms with Crippen molar-refractivity contribution in [2.45, 2.75) is 19.4 Å². The Balaban J connectivity index is 1.80. The zero-order chi connectivity index (χ0) is 15.0. The number of halogens is 1. The Bertz CT molecular complexity index is 754. The molecule has 3 rings (SSSR count). The maximum atomic E-state index is 11.7. The third kappa shape index (κ3) is 3.25. The van der Waals surface area contributed by atoms with Gasteiger partial charge >= 0.3 is 0 Å². The molecule has 1 saturated heterocycles. The SMILES string of the molecule is CS(=O)(=O)N1CCCC(Cn2ccc3ccc(Cl)cc32)C1. The van der Waals surface area contributed by atoms with Crippen molar-refractivity contribution >= 4 is 32.5 Å². The van der Waals surface area contributed by atoms with Crippen LogP contribution >= 0.6 is 11.6 Å². The summed E-state index contributed by atoms with van der Waals surface area (Å²) in [7, 11) is -3.08. The minimum atomic E-state index is -3.08. The van der Waals surface area contributed by atoms with Crippen molar-refractivity contribution < 1.29 is 8.42 Å². The summed E-state index contributed by atoms with van der Waals surface area (Å²) >= 11 is 6.07. The predicted molar refractivity (Wildman–Crippen MR) is 86.1 cm³/mol. The number of benzene rings is 1. The lowest BCUT2D eigenvalue weighted by molar-refractivity contribution is 0.248. The van der Waals surface area contributed by atoms with Crippen LogP contribution in [0.25, 0.3) is 10.9 Å². The van der Waals surface area contributed by atoms with E-state index in [-0.39, 0.29) is 0 Å². The van der Waals surface area contributed by atoms with Crippen LogP contribution in [0.5, 0.6) is 0 Å². The molecular formula is C15H19ClN2O2S. The molecule has 6 heteroatoms. The monoisotopic (exact) mass is 326 g/mol. The molecule has 114 valence electrons. The van der Waals surface area contributed by atoms with Crippen LogP contribution in [0.3, 0.4) is 0 Å². The standard InChI is InChI=1S/C15H19ClN2O2S/c1-21(19,20)18-7-2-3-12(11-18)10-17-8-6-13-4-5-14(16)9-15(13)17/h4-6,8-9,12H,2-3,7,10-11H2,1H3. The van der Waals surface area contributed by atoms with Crippen LogP contribution in [0.4, 0.5) is 0 Å². The normalized spacial score (nSPS) is 21.0. The van der Waals surface area contributed by atoms with E-state index in [2.05, 4.69) is 16.8 Å². The van der Waals surface area contributed by atoms with Gasteiger partial charge in [-0.3, -0.25) is 0 Å². The van der Waals surface area contributed by atoms with E-state index in [1.165, 1.54) is 6.26 Å². The summed E-state index contributed by atoms with van der Waals surface area (Å²) in [5.74, 6) is 0.350. The minimum absolute atomic E-state index is 0.350. The molecule has 1 aliphatic heterocycles. The minimum Gasteiger partial charge on any atom is -0.347 e. The summed E-state index contributed by atoms with van der Waals surface area (Å²) in [5, 5.41) is 1.89. The second kappa shape index (κ2) is 5.63. The van der Waals surface area contributed by atoms with E-state index in [1.54, 1.807) is 4.31 Å². The summed E-state index contributed by atoms with van der Waals surface area (Å²) in [6.45, 7) is 2.09. The fourth-order valence-corrected chi connectivity index (χ4v) is 4.18. The summed E-state index contributed by atoms with van der Waals surface area (Å²) in [4.78, 5) is 0. The molecule has 2 aromatic rings. The van der Waals surface area contributed by atoms with Crippen molar-refractivity contribution in [3.05, 3.63) is 35.5 Å². The first-order chi connectivity index (χ1) is 9.93. The lowest BCUT2D eigenvalue weighted by Gasteiger charge is -2.31. The lowest BCUT2D eigenvalue weighted by atomic mass is 9.99. The first-order valence-electron chi connectivity index (χ1n) is 7.13. The van der Waals surface area contributed by atoms with E-state index in [0.717, 1.165) is 35.3 Å². The zero-order valence-electron chi connectivity index (χ0n) is 12.0. The second-order valence-corrected chi connectivity index (χ2v) is 8.22. The maximum Gasteiger partial charge on any atom is 0.211 e. The Labute approximate surface area is 130 Å². The highest BCUT2D eigenvalue weighted by Gasteiger charge is 2.26. The number of hydrogen-bond acceptors (Lipinski definition) is 2. The molecule has 4 nitrogen and oxygen atoms in total. The Kier molecular flexibility index (Phi) is 3.99. The molecule has 1 fully saturated rings. The zero-order valence-corrected chi connectivity index (χ0v) is 13.6. The summed E-state index contributed by atoms with van der Waals surface area (Å²) in [6, 6.07) is 7.94. The number of hydrogen-bond donors (Lipinski definition) is 0. The molecule has 1 atom stereocenters. The van der Waals surface area contributed by atoms with E-state index in [4.69, 9.17) is 11.6 Å². The van der Waals surface area contributed by atoms with Crippen LogP contribution in [0.1, 0.15) is 12.8 Å². The van der Waals surface area contributed by atoms with Crippen molar-refractivity contribution in [2.24, 2.45) is 5.92 Å². The van der Waals surface area contributed by atoms with Crippen molar-refractivity contribution in [1.82, 2.24) is 8.87 Å². The van der Waals surface area contributed by atoms with E-state index in [9.17, 15) is 8.42 Å². The maximum absolute atomic E-state index is 11.7. The predicted octanol–water partition coefficient (Wildman–Crippen LogP) is 2.97. The van der Waals surface area contributed by atoms with Gasteiger partial charge in [0.25, 0.3) is 0 Å². The van der Waals surface area contributed by atoms with Gasteiger partial charge in [0, 0.05) is 36.4 Å². The van der Waals surface area contributed by atoms with Gasteiger partial charge in [-0.2, -0.15) is 0 Å². The van der Waals surface area contributed by atoms with Gasteiger partial charge in [0.1, 0.15) is 0 Å². The largest absolute Gasteiger partial charge is 0.347 e. The van der Waals surface area contributed by atoms with Gasteiger partial charge in [-0.05, 0) is 42.3 Å². The highest BCUT2D eigenvalue weighted by Crippen LogP contribution is 2.25.